The summed E-state index contributed by atoms with van der Waals surface area (Å²) in [5.41, 5.74) is 1.33. The summed E-state index contributed by atoms with van der Waals surface area (Å²) in [6.07, 6.45) is 9.67. The van der Waals surface area contributed by atoms with Crippen molar-refractivity contribution in [2.24, 2.45) is 0 Å². The summed E-state index contributed by atoms with van der Waals surface area (Å²) in [7, 11) is 0. The molecule has 0 heterocycles. The van der Waals surface area contributed by atoms with Gasteiger partial charge in [0.2, 0.25) is 0 Å². The van der Waals surface area contributed by atoms with E-state index in [0.717, 1.165) is 5.02 Å². The van der Waals surface area contributed by atoms with Gasteiger partial charge < -0.3 is 5.32 Å². The van der Waals surface area contributed by atoms with Gasteiger partial charge in [0.25, 0.3) is 0 Å². The lowest BCUT2D eigenvalue weighted by Crippen LogP contribution is -2.32. The number of hydrogen-bond acceptors (Lipinski definition) is 1. The largest absolute Gasteiger partial charge is 0.307 e. The minimum atomic E-state index is 0.423. The van der Waals surface area contributed by atoms with Crippen LogP contribution in [0, 0.1) is 0 Å². The molecule has 2 heteroatoms. The van der Waals surface area contributed by atoms with Crippen molar-refractivity contribution >= 4 is 11.6 Å². The van der Waals surface area contributed by atoms with Gasteiger partial charge in [0.05, 0.1) is 0 Å². The highest BCUT2D eigenvalue weighted by Gasteiger charge is 2.14. The lowest BCUT2D eigenvalue weighted by molar-refractivity contribution is 0.363. The number of rotatable bonds is 3. The van der Waals surface area contributed by atoms with Crippen molar-refractivity contribution < 1.29 is 0 Å². The molecule has 1 aromatic carbocycles. The quantitative estimate of drug-likeness (QED) is 0.801. The third-order valence-electron chi connectivity index (χ3n) is 3.96. The first-order chi connectivity index (χ1) is 8.75. The average Bonchev–Trinajstić information content (AvgIpc) is 2.33. The van der Waals surface area contributed by atoms with Crippen LogP contribution < -0.4 is 5.32 Å². The van der Waals surface area contributed by atoms with E-state index in [4.69, 9.17) is 11.6 Å². The molecule has 1 saturated carbocycles. The van der Waals surface area contributed by atoms with Crippen LogP contribution in [0.1, 0.15) is 63.5 Å². The summed E-state index contributed by atoms with van der Waals surface area (Å²) in [5.74, 6) is 0. The van der Waals surface area contributed by atoms with Crippen LogP contribution in [0.3, 0.4) is 0 Å². The fourth-order valence-electron chi connectivity index (χ4n) is 2.82. The molecule has 1 fully saturated rings. The van der Waals surface area contributed by atoms with E-state index in [1.54, 1.807) is 0 Å². The highest BCUT2D eigenvalue weighted by Crippen LogP contribution is 2.21. The van der Waals surface area contributed by atoms with Crippen LogP contribution in [0.4, 0.5) is 0 Å². The molecule has 1 nitrogen and oxygen atoms in total. The molecule has 1 aliphatic rings. The van der Waals surface area contributed by atoms with E-state index < -0.39 is 0 Å². The highest BCUT2D eigenvalue weighted by atomic mass is 35.5. The van der Waals surface area contributed by atoms with Crippen LogP contribution in [-0.4, -0.2) is 6.04 Å². The van der Waals surface area contributed by atoms with Crippen LogP contribution in [0.5, 0.6) is 0 Å². The number of nitrogens with one attached hydrogen (secondary N) is 1. The summed E-state index contributed by atoms with van der Waals surface area (Å²) in [5, 5.41) is 4.60. The number of benzene rings is 1. The Kier molecular flexibility index (Phi) is 5.52. The summed E-state index contributed by atoms with van der Waals surface area (Å²) >= 11 is 5.93. The monoisotopic (exact) mass is 265 g/mol. The molecule has 1 N–H and O–H groups in total. The van der Waals surface area contributed by atoms with Crippen molar-refractivity contribution in [3.8, 4) is 0 Å². The van der Waals surface area contributed by atoms with E-state index in [9.17, 15) is 0 Å². The first kappa shape index (κ1) is 13.9. The van der Waals surface area contributed by atoms with E-state index in [2.05, 4.69) is 24.4 Å². The Labute approximate surface area is 116 Å². The fraction of sp³-hybridized carbons (Fsp3) is 0.625. The molecule has 1 aliphatic carbocycles. The molecule has 0 bridgehead atoms. The third-order valence-corrected chi connectivity index (χ3v) is 4.21. The van der Waals surface area contributed by atoms with E-state index in [1.165, 1.54) is 50.5 Å². The van der Waals surface area contributed by atoms with E-state index in [0.29, 0.717) is 12.1 Å². The van der Waals surface area contributed by atoms with Gasteiger partial charge in [-0.2, -0.15) is 0 Å². The second-order valence-electron chi connectivity index (χ2n) is 5.48. The molecule has 1 atom stereocenters. The molecule has 0 aromatic heterocycles. The predicted molar refractivity (Wildman–Crippen MR) is 79.1 cm³/mol. The van der Waals surface area contributed by atoms with Gasteiger partial charge >= 0.3 is 0 Å². The summed E-state index contributed by atoms with van der Waals surface area (Å²) in [6.45, 7) is 2.25. The van der Waals surface area contributed by atoms with Crippen LogP contribution in [0.2, 0.25) is 5.02 Å². The lowest BCUT2D eigenvalue weighted by Gasteiger charge is -2.25. The van der Waals surface area contributed by atoms with Crippen molar-refractivity contribution in [3.05, 3.63) is 34.9 Å². The van der Waals surface area contributed by atoms with E-state index in [-0.39, 0.29) is 0 Å². The SMILES string of the molecule is C[C@H](NC1CCCCCCC1)c1ccc(Cl)cc1. The second kappa shape index (κ2) is 7.16. The highest BCUT2D eigenvalue weighted by molar-refractivity contribution is 6.30. The van der Waals surface area contributed by atoms with Gasteiger partial charge in [-0.25, -0.2) is 0 Å². The molecule has 0 spiro atoms. The minimum absolute atomic E-state index is 0.423. The first-order valence-electron chi connectivity index (χ1n) is 7.27. The topological polar surface area (TPSA) is 12.0 Å². The molecule has 0 unspecified atom stereocenters. The normalized spacial score (nSPS) is 20.1. The smallest absolute Gasteiger partial charge is 0.0406 e. The van der Waals surface area contributed by atoms with Crippen molar-refractivity contribution in [2.75, 3.05) is 0 Å². The van der Waals surface area contributed by atoms with Gasteiger partial charge in [-0.1, -0.05) is 55.8 Å². The average molecular weight is 266 g/mol. The van der Waals surface area contributed by atoms with Crippen molar-refractivity contribution in [2.45, 2.75) is 64.0 Å². The Morgan fingerprint density at radius 1 is 1.00 bits per heavy atom. The Morgan fingerprint density at radius 3 is 2.17 bits per heavy atom. The maximum atomic E-state index is 5.93. The standard InChI is InChI=1S/C16H24ClN/c1-13(14-9-11-15(17)12-10-14)18-16-7-5-3-2-4-6-8-16/h9-13,16,18H,2-8H2,1H3/t13-/m0/s1. The molecule has 100 valence electrons. The van der Waals surface area contributed by atoms with Gasteiger partial charge in [-0.05, 0) is 37.5 Å². The Morgan fingerprint density at radius 2 is 1.56 bits per heavy atom. The van der Waals surface area contributed by atoms with Crippen molar-refractivity contribution in [3.63, 3.8) is 0 Å². The number of hydrogen-bond donors (Lipinski definition) is 1. The van der Waals surface area contributed by atoms with Crippen LogP contribution >= 0.6 is 11.6 Å². The molecular formula is C16H24ClN. The van der Waals surface area contributed by atoms with Crippen LogP contribution in [-0.2, 0) is 0 Å². The molecule has 0 amide bonds. The molecule has 1 aromatic rings. The van der Waals surface area contributed by atoms with E-state index in [1.807, 2.05) is 12.1 Å². The van der Waals surface area contributed by atoms with Crippen LogP contribution in [0.25, 0.3) is 0 Å². The summed E-state index contributed by atoms with van der Waals surface area (Å²) < 4.78 is 0. The Balaban J connectivity index is 1.88. The zero-order valence-electron chi connectivity index (χ0n) is 11.3. The molecule has 0 saturated heterocycles. The molecule has 0 radical (unpaired) electrons. The molecule has 0 aliphatic heterocycles. The summed E-state index contributed by atoms with van der Waals surface area (Å²) in [4.78, 5) is 0. The molecular weight excluding hydrogens is 242 g/mol. The van der Waals surface area contributed by atoms with Crippen molar-refractivity contribution in [1.29, 1.82) is 0 Å². The van der Waals surface area contributed by atoms with Crippen molar-refractivity contribution in [1.82, 2.24) is 5.32 Å². The maximum Gasteiger partial charge on any atom is 0.0406 e. The van der Waals surface area contributed by atoms with Gasteiger partial charge in [0.1, 0.15) is 0 Å². The van der Waals surface area contributed by atoms with E-state index >= 15 is 0 Å². The Bertz CT molecular complexity index is 339. The number of halogens is 1. The zero-order chi connectivity index (χ0) is 12.8. The fourth-order valence-corrected chi connectivity index (χ4v) is 2.95. The van der Waals surface area contributed by atoms with Gasteiger partial charge in [0, 0.05) is 17.1 Å². The second-order valence-corrected chi connectivity index (χ2v) is 5.92. The predicted octanol–water partition coefficient (Wildman–Crippen LogP) is 5.10. The summed E-state index contributed by atoms with van der Waals surface area (Å²) in [6, 6.07) is 9.33. The lowest BCUT2D eigenvalue weighted by atomic mass is 9.95. The van der Waals surface area contributed by atoms with Gasteiger partial charge in [0.15, 0.2) is 0 Å². The molecule has 2 rings (SSSR count). The third kappa shape index (κ3) is 4.29. The van der Waals surface area contributed by atoms with Gasteiger partial charge in [-0.3, -0.25) is 0 Å². The minimum Gasteiger partial charge on any atom is -0.307 e. The molecule has 18 heavy (non-hydrogen) atoms. The zero-order valence-corrected chi connectivity index (χ0v) is 12.0. The Hall–Kier alpha value is -0.530. The van der Waals surface area contributed by atoms with Gasteiger partial charge in [-0.15, -0.1) is 0 Å². The van der Waals surface area contributed by atoms with Crippen LogP contribution in [0.15, 0.2) is 24.3 Å². The maximum absolute atomic E-state index is 5.93. The first-order valence-corrected chi connectivity index (χ1v) is 7.65.